The van der Waals surface area contributed by atoms with Gasteiger partial charge in [0, 0.05) is 19.0 Å². The number of nitrogens with zero attached hydrogens (tertiary/aromatic N) is 2. The Kier molecular flexibility index (Phi) is 9.72. The predicted octanol–water partition coefficient (Wildman–Crippen LogP) is 5.73. The molecule has 3 nitrogen and oxygen atoms in total. The summed E-state index contributed by atoms with van der Waals surface area (Å²) in [7, 11) is 0. The van der Waals surface area contributed by atoms with Crippen LogP contribution in [-0.2, 0) is 11.3 Å². The normalized spacial score (nSPS) is 12.7. The summed E-state index contributed by atoms with van der Waals surface area (Å²) in [6.07, 6.45) is 19.2. The number of hydrogen-bond donors (Lipinski definition) is 0. The Morgan fingerprint density at radius 1 is 1.04 bits per heavy atom. The first kappa shape index (κ1) is 19.5. The fourth-order valence-corrected chi connectivity index (χ4v) is 2.85. The Bertz CT molecular complexity index is 563. The molecule has 136 valence electrons. The highest BCUT2D eigenvalue weighted by atomic mass is 16.5. The molecule has 0 aliphatic heterocycles. The summed E-state index contributed by atoms with van der Waals surface area (Å²) in [5, 5.41) is 0. The van der Waals surface area contributed by atoms with Crippen molar-refractivity contribution >= 4 is 6.08 Å². The minimum absolute atomic E-state index is 0.0782. The van der Waals surface area contributed by atoms with Crippen molar-refractivity contribution in [3.63, 3.8) is 0 Å². The molecule has 1 aromatic heterocycles. The molecule has 0 saturated heterocycles. The van der Waals surface area contributed by atoms with E-state index in [1.807, 2.05) is 24.8 Å². The van der Waals surface area contributed by atoms with Crippen molar-refractivity contribution in [3.8, 4) is 0 Å². The van der Waals surface area contributed by atoms with Gasteiger partial charge in [-0.25, -0.2) is 4.98 Å². The van der Waals surface area contributed by atoms with Crippen LogP contribution in [0.25, 0.3) is 6.08 Å². The van der Waals surface area contributed by atoms with Crippen molar-refractivity contribution in [3.05, 3.63) is 60.7 Å². The highest BCUT2D eigenvalue weighted by Crippen LogP contribution is 2.10. The number of rotatable bonds is 13. The Balaban J connectivity index is 1.74. The molecule has 0 aliphatic rings. The fourth-order valence-electron chi connectivity index (χ4n) is 2.85. The van der Waals surface area contributed by atoms with Gasteiger partial charge in [-0.3, -0.25) is 0 Å². The summed E-state index contributed by atoms with van der Waals surface area (Å²) in [5.41, 5.74) is 1.21. The monoisotopic (exact) mass is 340 g/mol. The van der Waals surface area contributed by atoms with Crippen LogP contribution in [0, 0.1) is 0 Å². The molecule has 25 heavy (non-hydrogen) atoms. The highest BCUT2D eigenvalue weighted by Gasteiger charge is 2.06. The van der Waals surface area contributed by atoms with Crippen molar-refractivity contribution in [2.24, 2.45) is 0 Å². The predicted molar refractivity (Wildman–Crippen MR) is 105 cm³/mol. The van der Waals surface area contributed by atoms with Gasteiger partial charge in [0.2, 0.25) is 0 Å². The van der Waals surface area contributed by atoms with Crippen molar-refractivity contribution in [2.75, 3.05) is 6.61 Å². The van der Waals surface area contributed by atoms with Gasteiger partial charge < -0.3 is 9.30 Å². The molecular formula is C22H32N2O. The van der Waals surface area contributed by atoms with E-state index in [4.69, 9.17) is 4.74 Å². The van der Waals surface area contributed by atoms with Crippen LogP contribution in [0.4, 0.5) is 0 Å². The lowest BCUT2D eigenvalue weighted by atomic mass is 10.1. The lowest BCUT2D eigenvalue weighted by Crippen LogP contribution is -2.17. The third kappa shape index (κ3) is 8.69. The minimum Gasteiger partial charge on any atom is -0.372 e. The smallest absolute Gasteiger partial charge is 0.0946 e. The lowest BCUT2D eigenvalue weighted by molar-refractivity contribution is 0.0710. The fraction of sp³-hybridized carbons (Fsp3) is 0.500. The van der Waals surface area contributed by atoms with Crippen molar-refractivity contribution < 1.29 is 4.74 Å². The van der Waals surface area contributed by atoms with Crippen LogP contribution >= 0.6 is 0 Å². The Morgan fingerprint density at radius 3 is 2.52 bits per heavy atom. The summed E-state index contributed by atoms with van der Waals surface area (Å²) in [6, 6.07) is 10.4. The zero-order valence-corrected chi connectivity index (χ0v) is 15.5. The molecule has 1 atom stereocenters. The van der Waals surface area contributed by atoms with E-state index in [2.05, 4.69) is 52.9 Å². The number of aromatic nitrogens is 2. The third-order valence-corrected chi connectivity index (χ3v) is 4.33. The summed E-state index contributed by atoms with van der Waals surface area (Å²) in [4.78, 5) is 4.12. The van der Waals surface area contributed by atoms with Gasteiger partial charge in [0.1, 0.15) is 0 Å². The summed E-state index contributed by atoms with van der Waals surface area (Å²) >= 11 is 0. The molecule has 2 aromatic rings. The topological polar surface area (TPSA) is 27.1 Å². The van der Waals surface area contributed by atoms with Gasteiger partial charge in [0.15, 0.2) is 0 Å². The molecular weight excluding hydrogens is 308 g/mol. The molecule has 0 amide bonds. The largest absolute Gasteiger partial charge is 0.372 e. The van der Waals surface area contributed by atoms with Gasteiger partial charge in [0.25, 0.3) is 0 Å². The molecule has 1 heterocycles. The maximum absolute atomic E-state index is 6.13. The highest BCUT2D eigenvalue weighted by molar-refractivity contribution is 5.49. The number of unbranched alkanes of at least 4 members (excludes halogenated alkanes) is 6. The molecule has 3 heteroatoms. The van der Waals surface area contributed by atoms with E-state index in [1.165, 1.54) is 44.1 Å². The SMILES string of the molecule is CCCCCCCCCOC(/C=C/c1ccccc1)Cn1ccnc1. The van der Waals surface area contributed by atoms with Crippen LogP contribution in [0.5, 0.6) is 0 Å². The number of imidazole rings is 1. The van der Waals surface area contributed by atoms with E-state index >= 15 is 0 Å². The second-order valence-corrected chi connectivity index (χ2v) is 6.56. The number of ether oxygens (including phenoxy) is 1. The van der Waals surface area contributed by atoms with Crippen LogP contribution in [0.1, 0.15) is 57.4 Å². The molecule has 0 aliphatic carbocycles. The van der Waals surface area contributed by atoms with E-state index in [0.717, 1.165) is 19.6 Å². The quantitative estimate of drug-likeness (QED) is 0.435. The average molecular weight is 341 g/mol. The van der Waals surface area contributed by atoms with Crippen LogP contribution in [0.15, 0.2) is 55.1 Å². The minimum atomic E-state index is 0.0782. The zero-order valence-electron chi connectivity index (χ0n) is 15.5. The van der Waals surface area contributed by atoms with Gasteiger partial charge in [0.05, 0.1) is 19.0 Å². The molecule has 0 N–H and O–H groups in total. The van der Waals surface area contributed by atoms with E-state index < -0.39 is 0 Å². The van der Waals surface area contributed by atoms with Crippen LogP contribution in [0.2, 0.25) is 0 Å². The van der Waals surface area contributed by atoms with E-state index in [1.54, 1.807) is 0 Å². The average Bonchev–Trinajstić information content (AvgIpc) is 3.15. The van der Waals surface area contributed by atoms with Gasteiger partial charge >= 0.3 is 0 Å². The maximum atomic E-state index is 6.13. The van der Waals surface area contributed by atoms with E-state index in [0.29, 0.717) is 0 Å². The van der Waals surface area contributed by atoms with Crippen LogP contribution in [-0.4, -0.2) is 22.3 Å². The molecule has 2 rings (SSSR count). The Morgan fingerprint density at radius 2 is 1.80 bits per heavy atom. The van der Waals surface area contributed by atoms with Crippen molar-refractivity contribution in [2.45, 2.75) is 64.5 Å². The Labute approximate surface area is 152 Å². The molecule has 0 fully saturated rings. The summed E-state index contributed by atoms with van der Waals surface area (Å²) < 4.78 is 8.20. The Hall–Kier alpha value is -1.87. The molecule has 0 spiro atoms. The van der Waals surface area contributed by atoms with Gasteiger partial charge in [-0.05, 0) is 12.0 Å². The molecule has 0 radical (unpaired) electrons. The van der Waals surface area contributed by atoms with Crippen LogP contribution < -0.4 is 0 Å². The van der Waals surface area contributed by atoms with Crippen molar-refractivity contribution in [1.29, 1.82) is 0 Å². The van der Waals surface area contributed by atoms with Gasteiger partial charge in [-0.15, -0.1) is 0 Å². The molecule has 0 saturated carbocycles. The first-order chi connectivity index (χ1) is 12.4. The third-order valence-electron chi connectivity index (χ3n) is 4.33. The molecule has 1 aromatic carbocycles. The van der Waals surface area contributed by atoms with E-state index in [-0.39, 0.29) is 6.10 Å². The second kappa shape index (κ2) is 12.5. The van der Waals surface area contributed by atoms with Crippen LogP contribution in [0.3, 0.4) is 0 Å². The van der Waals surface area contributed by atoms with E-state index in [9.17, 15) is 0 Å². The number of benzene rings is 1. The standard InChI is InChI=1S/C22H32N2O/c1-2-3-4-5-6-7-11-18-25-22(19-24-17-16-23-20-24)15-14-21-12-9-8-10-13-21/h8-10,12-17,20,22H,2-7,11,18-19H2,1H3/b15-14+. The summed E-state index contributed by atoms with van der Waals surface area (Å²) in [6.45, 7) is 3.89. The summed E-state index contributed by atoms with van der Waals surface area (Å²) in [5.74, 6) is 0. The lowest BCUT2D eigenvalue weighted by Gasteiger charge is -2.15. The second-order valence-electron chi connectivity index (χ2n) is 6.56. The first-order valence-corrected chi connectivity index (χ1v) is 9.69. The van der Waals surface area contributed by atoms with Gasteiger partial charge in [-0.1, -0.05) is 87.9 Å². The first-order valence-electron chi connectivity index (χ1n) is 9.69. The maximum Gasteiger partial charge on any atom is 0.0946 e. The van der Waals surface area contributed by atoms with Gasteiger partial charge in [-0.2, -0.15) is 0 Å². The zero-order chi connectivity index (χ0) is 17.6. The number of hydrogen-bond acceptors (Lipinski definition) is 2. The molecule has 1 unspecified atom stereocenters. The van der Waals surface area contributed by atoms with Crippen molar-refractivity contribution in [1.82, 2.24) is 9.55 Å². The molecule has 0 bridgehead atoms.